The second-order valence-electron chi connectivity index (χ2n) is 5.05. The Hall–Kier alpha value is -2.49. The van der Waals surface area contributed by atoms with Crippen LogP contribution in [0.25, 0.3) is 0 Å². The van der Waals surface area contributed by atoms with Crippen molar-refractivity contribution < 1.29 is 9.53 Å². The molecule has 0 aliphatic heterocycles. The summed E-state index contributed by atoms with van der Waals surface area (Å²) in [5.41, 5.74) is 9.54. The number of carbonyl (C=O) groups excluding carboxylic acids is 1. The van der Waals surface area contributed by atoms with E-state index in [1.54, 1.807) is 0 Å². The van der Waals surface area contributed by atoms with E-state index in [0.29, 0.717) is 18.0 Å². The number of ether oxygens (including phenoxy) is 1. The minimum atomic E-state index is -0.168. The van der Waals surface area contributed by atoms with Crippen molar-refractivity contribution in [3.63, 3.8) is 0 Å². The Morgan fingerprint density at radius 2 is 1.90 bits per heavy atom. The summed E-state index contributed by atoms with van der Waals surface area (Å²) in [6, 6.07) is 13.6. The van der Waals surface area contributed by atoms with Crippen molar-refractivity contribution >= 4 is 11.6 Å². The van der Waals surface area contributed by atoms with Gasteiger partial charge in [-0.25, -0.2) is 0 Å². The van der Waals surface area contributed by atoms with Crippen molar-refractivity contribution in [2.24, 2.45) is 0 Å². The second-order valence-corrected chi connectivity index (χ2v) is 5.05. The number of hydrogen-bond acceptors (Lipinski definition) is 3. The zero-order valence-corrected chi connectivity index (χ0v) is 12.3. The summed E-state index contributed by atoms with van der Waals surface area (Å²) in [5, 5.41) is 2.81. The van der Waals surface area contributed by atoms with Crippen molar-refractivity contribution in [3.8, 4) is 5.75 Å². The van der Waals surface area contributed by atoms with E-state index in [1.807, 2.05) is 56.3 Å². The lowest BCUT2D eigenvalue weighted by Crippen LogP contribution is -2.28. The molecule has 0 radical (unpaired) electrons. The van der Waals surface area contributed by atoms with Gasteiger partial charge in [0.2, 0.25) is 0 Å². The zero-order valence-electron chi connectivity index (χ0n) is 12.3. The Labute approximate surface area is 124 Å². The van der Waals surface area contributed by atoms with E-state index in [9.17, 15) is 4.79 Å². The predicted molar refractivity (Wildman–Crippen MR) is 84.1 cm³/mol. The standard InChI is InChI=1S/C17H20N2O2/c1-12-8-13(2)17(15(18)9-12)21-11-16(20)19-10-14-6-4-3-5-7-14/h3-9H,10-11,18H2,1-2H3,(H,19,20). The van der Waals surface area contributed by atoms with Crippen molar-refractivity contribution in [3.05, 3.63) is 59.2 Å². The molecular weight excluding hydrogens is 264 g/mol. The summed E-state index contributed by atoms with van der Waals surface area (Å²) in [6.45, 7) is 4.34. The smallest absolute Gasteiger partial charge is 0.258 e. The topological polar surface area (TPSA) is 64.3 Å². The minimum absolute atomic E-state index is 0.0407. The van der Waals surface area contributed by atoms with Crippen molar-refractivity contribution in [1.29, 1.82) is 0 Å². The van der Waals surface area contributed by atoms with E-state index in [1.165, 1.54) is 0 Å². The van der Waals surface area contributed by atoms with Gasteiger partial charge in [0.1, 0.15) is 5.75 Å². The number of amides is 1. The molecule has 110 valence electrons. The first-order chi connectivity index (χ1) is 10.1. The molecule has 0 atom stereocenters. The quantitative estimate of drug-likeness (QED) is 0.829. The van der Waals surface area contributed by atoms with Crippen LogP contribution in [-0.2, 0) is 11.3 Å². The van der Waals surface area contributed by atoms with Crippen LogP contribution in [-0.4, -0.2) is 12.5 Å². The number of benzene rings is 2. The van der Waals surface area contributed by atoms with E-state index in [-0.39, 0.29) is 12.5 Å². The number of aryl methyl sites for hydroxylation is 2. The molecule has 3 N–H and O–H groups in total. The molecule has 4 nitrogen and oxygen atoms in total. The van der Waals surface area contributed by atoms with Crippen LogP contribution in [0, 0.1) is 13.8 Å². The Kier molecular flexibility index (Phi) is 4.82. The molecule has 0 aliphatic rings. The third-order valence-electron chi connectivity index (χ3n) is 3.13. The summed E-state index contributed by atoms with van der Waals surface area (Å²) >= 11 is 0. The van der Waals surface area contributed by atoms with Gasteiger partial charge in [-0.1, -0.05) is 36.4 Å². The highest BCUT2D eigenvalue weighted by atomic mass is 16.5. The molecule has 0 saturated carbocycles. The molecule has 4 heteroatoms. The Morgan fingerprint density at radius 1 is 1.19 bits per heavy atom. The number of nitrogens with one attached hydrogen (secondary N) is 1. The molecule has 0 bridgehead atoms. The van der Waals surface area contributed by atoms with E-state index < -0.39 is 0 Å². The van der Waals surface area contributed by atoms with Gasteiger partial charge in [-0.3, -0.25) is 4.79 Å². The average molecular weight is 284 g/mol. The van der Waals surface area contributed by atoms with Crippen LogP contribution in [0.1, 0.15) is 16.7 Å². The monoisotopic (exact) mass is 284 g/mol. The van der Waals surface area contributed by atoms with E-state index >= 15 is 0 Å². The van der Waals surface area contributed by atoms with Crippen molar-refractivity contribution in [2.45, 2.75) is 20.4 Å². The summed E-state index contributed by atoms with van der Waals surface area (Å²) in [6.07, 6.45) is 0. The molecule has 21 heavy (non-hydrogen) atoms. The van der Waals surface area contributed by atoms with Crippen LogP contribution >= 0.6 is 0 Å². The van der Waals surface area contributed by atoms with Crippen LogP contribution in [0.4, 0.5) is 5.69 Å². The molecule has 0 spiro atoms. The third-order valence-corrected chi connectivity index (χ3v) is 3.13. The summed E-state index contributed by atoms with van der Waals surface area (Å²) in [4.78, 5) is 11.8. The fraction of sp³-hybridized carbons (Fsp3) is 0.235. The molecule has 2 aromatic rings. The van der Waals surface area contributed by atoms with E-state index in [0.717, 1.165) is 16.7 Å². The first kappa shape index (κ1) is 14.9. The maximum absolute atomic E-state index is 11.8. The minimum Gasteiger partial charge on any atom is -0.481 e. The van der Waals surface area contributed by atoms with Gasteiger partial charge >= 0.3 is 0 Å². The summed E-state index contributed by atoms with van der Waals surface area (Å²) in [7, 11) is 0. The molecule has 2 rings (SSSR count). The van der Waals surface area contributed by atoms with Crippen LogP contribution in [0.15, 0.2) is 42.5 Å². The van der Waals surface area contributed by atoms with Crippen LogP contribution in [0.3, 0.4) is 0 Å². The van der Waals surface area contributed by atoms with Gasteiger partial charge in [-0.05, 0) is 36.6 Å². The van der Waals surface area contributed by atoms with Crippen LogP contribution in [0.2, 0.25) is 0 Å². The zero-order chi connectivity index (χ0) is 15.2. The summed E-state index contributed by atoms with van der Waals surface area (Å²) < 4.78 is 5.54. The Bertz CT molecular complexity index is 601. The SMILES string of the molecule is Cc1cc(C)c(OCC(=O)NCc2ccccc2)c(N)c1. The molecule has 0 saturated heterocycles. The molecule has 0 aliphatic carbocycles. The van der Waals surface area contributed by atoms with Gasteiger partial charge in [0.05, 0.1) is 5.69 Å². The molecule has 0 unspecified atom stereocenters. The number of nitrogen functional groups attached to an aromatic ring is 1. The van der Waals surface area contributed by atoms with Gasteiger partial charge in [-0.2, -0.15) is 0 Å². The van der Waals surface area contributed by atoms with Crippen molar-refractivity contribution in [1.82, 2.24) is 5.32 Å². The van der Waals surface area contributed by atoms with Gasteiger partial charge in [0, 0.05) is 6.54 Å². The Balaban J connectivity index is 1.87. The molecule has 0 aromatic heterocycles. The maximum Gasteiger partial charge on any atom is 0.258 e. The number of hydrogen-bond donors (Lipinski definition) is 2. The van der Waals surface area contributed by atoms with Gasteiger partial charge in [0.15, 0.2) is 6.61 Å². The van der Waals surface area contributed by atoms with Gasteiger partial charge < -0.3 is 15.8 Å². The van der Waals surface area contributed by atoms with Crippen LogP contribution < -0.4 is 15.8 Å². The highest BCUT2D eigenvalue weighted by Crippen LogP contribution is 2.27. The first-order valence-electron chi connectivity index (χ1n) is 6.86. The largest absolute Gasteiger partial charge is 0.481 e. The van der Waals surface area contributed by atoms with Crippen LogP contribution in [0.5, 0.6) is 5.75 Å². The molecule has 1 amide bonds. The van der Waals surface area contributed by atoms with E-state index in [4.69, 9.17) is 10.5 Å². The summed E-state index contributed by atoms with van der Waals surface area (Å²) in [5.74, 6) is 0.411. The normalized spacial score (nSPS) is 10.2. The molecule has 2 aromatic carbocycles. The average Bonchev–Trinajstić information content (AvgIpc) is 2.45. The van der Waals surface area contributed by atoms with Gasteiger partial charge in [0.25, 0.3) is 5.91 Å². The van der Waals surface area contributed by atoms with E-state index in [2.05, 4.69) is 5.32 Å². The number of rotatable bonds is 5. The highest BCUT2D eigenvalue weighted by molar-refractivity contribution is 5.77. The third kappa shape index (κ3) is 4.24. The van der Waals surface area contributed by atoms with Gasteiger partial charge in [-0.15, -0.1) is 0 Å². The fourth-order valence-electron chi connectivity index (χ4n) is 2.17. The number of nitrogens with two attached hydrogens (primary N) is 1. The first-order valence-corrected chi connectivity index (χ1v) is 6.86. The highest BCUT2D eigenvalue weighted by Gasteiger charge is 2.08. The Morgan fingerprint density at radius 3 is 2.57 bits per heavy atom. The second kappa shape index (κ2) is 6.79. The molecular formula is C17H20N2O2. The lowest BCUT2D eigenvalue weighted by Gasteiger charge is -2.12. The molecule has 0 fully saturated rings. The number of anilines is 1. The lowest BCUT2D eigenvalue weighted by molar-refractivity contribution is -0.123. The molecule has 0 heterocycles. The maximum atomic E-state index is 11.8. The lowest BCUT2D eigenvalue weighted by atomic mass is 10.1. The predicted octanol–water partition coefficient (Wildman–Crippen LogP) is 2.58. The van der Waals surface area contributed by atoms with Crippen molar-refractivity contribution in [2.75, 3.05) is 12.3 Å². The fourth-order valence-corrected chi connectivity index (χ4v) is 2.17. The number of carbonyl (C=O) groups is 1.